The predicted octanol–water partition coefficient (Wildman–Crippen LogP) is 4.98. The molecule has 0 atom stereocenters. The number of hydrogen-bond acceptors (Lipinski definition) is 6. The van der Waals surface area contributed by atoms with Crippen LogP contribution in [-0.4, -0.2) is 61.5 Å². The van der Waals surface area contributed by atoms with Crippen molar-refractivity contribution < 1.29 is 19.0 Å². The van der Waals surface area contributed by atoms with E-state index in [2.05, 4.69) is 34.9 Å². The number of benzene rings is 1. The van der Waals surface area contributed by atoms with E-state index in [1.165, 1.54) is 0 Å². The minimum Gasteiger partial charge on any atom is -0.474 e. The monoisotopic (exact) mass is 516 g/mol. The standard InChI is InChI=1S/C25H33ClN4O4Si/c1-27-23(31)18-7-5-17(6-8-18)20-15-30(16-33-13-14-35(2,3)4)22-21(20)24(29-25(26)28-22)34-19-9-11-32-12-10-19/h5-8,15,19H,9-14,16H2,1-4H3,(H,27,31). The van der Waals surface area contributed by atoms with Crippen LogP contribution in [0.5, 0.6) is 5.88 Å². The number of amides is 1. The highest BCUT2D eigenvalue weighted by molar-refractivity contribution is 6.76. The summed E-state index contributed by atoms with van der Waals surface area (Å²) < 4.78 is 19.8. The largest absolute Gasteiger partial charge is 0.474 e. The normalized spacial score (nSPS) is 14.9. The van der Waals surface area contributed by atoms with Crippen molar-refractivity contribution in [1.29, 1.82) is 0 Å². The second kappa shape index (κ2) is 11.1. The van der Waals surface area contributed by atoms with Gasteiger partial charge < -0.3 is 24.1 Å². The number of ether oxygens (including phenoxy) is 3. The molecule has 0 unspecified atom stereocenters. The van der Waals surface area contributed by atoms with Crippen LogP contribution in [0.4, 0.5) is 0 Å². The fourth-order valence-electron chi connectivity index (χ4n) is 3.97. The van der Waals surface area contributed by atoms with E-state index in [1.807, 2.05) is 22.9 Å². The third-order valence-electron chi connectivity index (χ3n) is 6.01. The molecule has 1 saturated heterocycles. The van der Waals surface area contributed by atoms with Crippen molar-refractivity contribution in [2.24, 2.45) is 0 Å². The maximum Gasteiger partial charge on any atom is 0.251 e. The Kier molecular flexibility index (Phi) is 8.11. The first-order chi connectivity index (χ1) is 16.7. The van der Waals surface area contributed by atoms with Crippen LogP contribution in [0.1, 0.15) is 23.2 Å². The van der Waals surface area contributed by atoms with Crippen LogP contribution in [0.2, 0.25) is 31.0 Å². The number of fused-ring (bicyclic) bond motifs is 1. The van der Waals surface area contributed by atoms with E-state index in [4.69, 9.17) is 25.8 Å². The molecule has 0 spiro atoms. The summed E-state index contributed by atoms with van der Waals surface area (Å²) in [7, 11) is 0.417. The Balaban J connectivity index is 1.73. The summed E-state index contributed by atoms with van der Waals surface area (Å²) >= 11 is 6.34. The first kappa shape index (κ1) is 25.6. The third kappa shape index (κ3) is 6.41. The number of nitrogens with one attached hydrogen (secondary N) is 1. The van der Waals surface area contributed by atoms with Gasteiger partial charge in [-0.2, -0.15) is 9.97 Å². The van der Waals surface area contributed by atoms with Crippen molar-refractivity contribution in [1.82, 2.24) is 19.9 Å². The Morgan fingerprint density at radius 1 is 1.20 bits per heavy atom. The van der Waals surface area contributed by atoms with Gasteiger partial charge in [-0.1, -0.05) is 31.8 Å². The van der Waals surface area contributed by atoms with E-state index in [9.17, 15) is 4.79 Å². The molecule has 188 valence electrons. The highest BCUT2D eigenvalue weighted by Gasteiger charge is 2.23. The third-order valence-corrected chi connectivity index (χ3v) is 7.89. The van der Waals surface area contributed by atoms with Gasteiger partial charge in [-0.15, -0.1) is 0 Å². The van der Waals surface area contributed by atoms with E-state index in [1.54, 1.807) is 19.2 Å². The van der Waals surface area contributed by atoms with Crippen LogP contribution in [0.3, 0.4) is 0 Å². The Morgan fingerprint density at radius 2 is 1.91 bits per heavy atom. The van der Waals surface area contributed by atoms with Crippen LogP contribution in [-0.2, 0) is 16.2 Å². The second-order valence-electron chi connectivity index (χ2n) is 9.94. The molecule has 8 nitrogen and oxygen atoms in total. The first-order valence-corrected chi connectivity index (χ1v) is 16.0. The van der Waals surface area contributed by atoms with E-state index >= 15 is 0 Å². The lowest BCUT2D eigenvalue weighted by atomic mass is 10.0. The summed E-state index contributed by atoms with van der Waals surface area (Å²) in [4.78, 5) is 21.0. The van der Waals surface area contributed by atoms with Gasteiger partial charge in [0.05, 0.1) is 18.6 Å². The van der Waals surface area contributed by atoms with Crippen molar-refractivity contribution in [3.63, 3.8) is 0 Å². The summed E-state index contributed by atoms with van der Waals surface area (Å²) in [5.41, 5.74) is 3.07. The van der Waals surface area contributed by atoms with E-state index in [0.717, 1.165) is 35.4 Å². The Hall–Kier alpha value is -2.46. The minimum absolute atomic E-state index is 0.00210. The van der Waals surface area contributed by atoms with Gasteiger partial charge >= 0.3 is 0 Å². The lowest BCUT2D eigenvalue weighted by Gasteiger charge is -2.23. The van der Waals surface area contributed by atoms with Crippen molar-refractivity contribution in [2.45, 2.75) is 51.4 Å². The molecular formula is C25H33ClN4O4Si. The number of rotatable bonds is 9. The van der Waals surface area contributed by atoms with Gasteiger partial charge in [-0.3, -0.25) is 4.79 Å². The molecule has 0 bridgehead atoms. The SMILES string of the molecule is CNC(=O)c1ccc(-c2cn(COCC[Si](C)(C)C)c3nc(Cl)nc(OC4CCOCC4)c23)cc1. The average Bonchev–Trinajstić information content (AvgIpc) is 3.20. The first-order valence-electron chi connectivity index (χ1n) is 12.0. The molecule has 3 heterocycles. The van der Waals surface area contributed by atoms with Crippen LogP contribution in [0.15, 0.2) is 30.5 Å². The number of carbonyl (C=O) groups is 1. The van der Waals surface area contributed by atoms with E-state index in [-0.39, 0.29) is 17.3 Å². The smallest absolute Gasteiger partial charge is 0.251 e. The second-order valence-corrected chi connectivity index (χ2v) is 15.9. The summed E-state index contributed by atoms with van der Waals surface area (Å²) in [6.07, 6.45) is 3.58. The molecule has 1 amide bonds. The molecule has 0 radical (unpaired) electrons. The zero-order chi connectivity index (χ0) is 25.0. The van der Waals surface area contributed by atoms with Crippen molar-refractivity contribution in [2.75, 3.05) is 26.9 Å². The molecule has 4 rings (SSSR count). The fourth-order valence-corrected chi connectivity index (χ4v) is 4.88. The van der Waals surface area contributed by atoms with Gasteiger partial charge in [-0.05, 0) is 35.3 Å². The zero-order valence-corrected chi connectivity index (χ0v) is 22.5. The van der Waals surface area contributed by atoms with E-state index in [0.29, 0.717) is 43.6 Å². The van der Waals surface area contributed by atoms with Crippen molar-refractivity contribution in [3.8, 4) is 17.0 Å². The molecular weight excluding hydrogens is 484 g/mol. The quantitative estimate of drug-likeness (QED) is 0.245. The predicted molar refractivity (Wildman–Crippen MR) is 140 cm³/mol. The lowest BCUT2D eigenvalue weighted by molar-refractivity contribution is 0.0244. The van der Waals surface area contributed by atoms with Gasteiger partial charge in [0.1, 0.15) is 12.8 Å². The highest BCUT2D eigenvalue weighted by Crippen LogP contribution is 2.37. The summed E-state index contributed by atoms with van der Waals surface area (Å²) in [5.74, 6) is 0.326. The average molecular weight is 517 g/mol. The van der Waals surface area contributed by atoms with Crippen LogP contribution >= 0.6 is 11.6 Å². The van der Waals surface area contributed by atoms with Gasteiger partial charge in [-0.25, -0.2) is 0 Å². The van der Waals surface area contributed by atoms with Crippen LogP contribution in [0.25, 0.3) is 22.2 Å². The summed E-state index contributed by atoms with van der Waals surface area (Å²) in [6.45, 7) is 9.34. The molecule has 0 saturated carbocycles. The van der Waals surface area contributed by atoms with Gasteiger partial charge in [0.15, 0.2) is 5.65 Å². The summed E-state index contributed by atoms with van der Waals surface area (Å²) in [6, 6.07) is 8.52. The number of hydrogen-bond donors (Lipinski definition) is 1. The molecule has 1 aromatic carbocycles. The molecule has 1 N–H and O–H groups in total. The van der Waals surface area contributed by atoms with Gasteiger partial charge in [0, 0.05) is 51.9 Å². The summed E-state index contributed by atoms with van der Waals surface area (Å²) in [5, 5.41) is 3.56. The fraction of sp³-hybridized carbons (Fsp3) is 0.480. The van der Waals surface area contributed by atoms with E-state index < -0.39 is 8.07 Å². The van der Waals surface area contributed by atoms with Crippen LogP contribution in [0, 0.1) is 0 Å². The molecule has 1 fully saturated rings. The molecule has 2 aromatic heterocycles. The van der Waals surface area contributed by atoms with Gasteiger partial charge in [0.25, 0.3) is 5.91 Å². The van der Waals surface area contributed by atoms with Crippen molar-refractivity contribution in [3.05, 3.63) is 41.3 Å². The molecule has 10 heteroatoms. The van der Waals surface area contributed by atoms with Gasteiger partial charge in [0.2, 0.25) is 11.2 Å². The zero-order valence-electron chi connectivity index (χ0n) is 20.8. The van der Waals surface area contributed by atoms with Crippen LogP contribution < -0.4 is 10.1 Å². The number of halogens is 1. The Morgan fingerprint density at radius 3 is 2.57 bits per heavy atom. The Labute approximate surface area is 212 Å². The topological polar surface area (TPSA) is 87.5 Å². The Bertz CT molecular complexity index is 1170. The number of nitrogens with zero attached hydrogens (tertiary/aromatic N) is 3. The maximum atomic E-state index is 12.0. The van der Waals surface area contributed by atoms with Crippen molar-refractivity contribution >= 4 is 36.6 Å². The minimum atomic E-state index is -1.20. The molecule has 3 aromatic rings. The molecule has 35 heavy (non-hydrogen) atoms. The molecule has 1 aliphatic rings. The highest BCUT2D eigenvalue weighted by atomic mass is 35.5. The number of carbonyl (C=O) groups excluding carboxylic acids is 1. The maximum absolute atomic E-state index is 12.0. The molecule has 1 aliphatic heterocycles. The number of aromatic nitrogens is 3. The molecule has 0 aliphatic carbocycles. The lowest BCUT2D eigenvalue weighted by Crippen LogP contribution is -2.26.